The van der Waals surface area contributed by atoms with Gasteiger partial charge in [-0.25, -0.2) is 0 Å². The Kier molecular flexibility index (Phi) is 4.97. The number of anilines is 1. The highest BCUT2D eigenvalue weighted by Crippen LogP contribution is 2.39. The summed E-state index contributed by atoms with van der Waals surface area (Å²) in [6.45, 7) is 5.68. The fourth-order valence-electron chi connectivity index (χ4n) is 2.72. The van der Waals surface area contributed by atoms with E-state index in [0.717, 1.165) is 42.8 Å². The summed E-state index contributed by atoms with van der Waals surface area (Å²) in [7, 11) is 0. The van der Waals surface area contributed by atoms with E-state index in [0.29, 0.717) is 6.54 Å². The fraction of sp³-hybridized carbons (Fsp3) is 0.562. The third kappa shape index (κ3) is 3.48. The minimum atomic E-state index is -0.227. The van der Waals surface area contributed by atoms with E-state index < -0.39 is 0 Å². The average Bonchev–Trinajstić information content (AvgIpc) is 2.86. The van der Waals surface area contributed by atoms with Gasteiger partial charge >= 0.3 is 0 Å². The van der Waals surface area contributed by atoms with Gasteiger partial charge in [-0.3, -0.25) is 4.79 Å². The highest BCUT2D eigenvalue weighted by molar-refractivity contribution is 8.01. The zero-order valence-corrected chi connectivity index (χ0v) is 13.2. The SMILES string of the molecule is CCCN(Cc1cccc(N)c1)C(=O)C1(C)CCCS1. The molecule has 1 aromatic carbocycles. The van der Waals surface area contributed by atoms with Crippen molar-refractivity contribution in [1.82, 2.24) is 4.90 Å². The first-order chi connectivity index (χ1) is 9.55. The van der Waals surface area contributed by atoms with Gasteiger partial charge in [-0.2, -0.15) is 0 Å². The summed E-state index contributed by atoms with van der Waals surface area (Å²) in [5.41, 5.74) is 7.69. The smallest absolute Gasteiger partial charge is 0.238 e. The van der Waals surface area contributed by atoms with Crippen molar-refractivity contribution in [3.8, 4) is 0 Å². The monoisotopic (exact) mass is 292 g/mol. The number of hydrogen-bond donors (Lipinski definition) is 1. The maximum absolute atomic E-state index is 12.8. The molecule has 1 unspecified atom stereocenters. The molecule has 0 saturated carbocycles. The van der Waals surface area contributed by atoms with Gasteiger partial charge in [0.1, 0.15) is 0 Å². The second-order valence-electron chi connectivity index (χ2n) is 5.65. The summed E-state index contributed by atoms with van der Waals surface area (Å²) < 4.78 is -0.227. The van der Waals surface area contributed by atoms with Gasteiger partial charge in [0.15, 0.2) is 0 Å². The molecule has 1 aliphatic rings. The first kappa shape index (κ1) is 15.2. The maximum Gasteiger partial charge on any atom is 0.238 e. The van der Waals surface area contributed by atoms with Crippen LogP contribution in [-0.2, 0) is 11.3 Å². The van der Waals surface area contributed by atoms with Crippen LogP contribution < -0.4 is 5.73 Å². The summed E-state index contributed by atoms with van der Waals surface area (Å²) >= 11 is 1.80. The third-order valence-corrected chi connectivity index (χ3v) is 5.29. The molecule has 3 nitrogen and oxygen atoms in total. The number of nitrogens with two attached hydrogens (primary N) is 1. The Labute approximate surface area is 125 Å². The van der Waals surface area contributed by atoms with Crippen molar-refractivity contribution < 1.29 is 4.79 Å². The molecule has 0 bridgehead atoms. The molecular weight excluding hydrogens is 268 g/mol. The topological polar surface area (TPSA) is 46.3 Å². The molecular formula is C16H24N2OS. The molecule has 1 heterocycles. The number of rotatable bonds is 5. The molecule has 2 rings (SSSR count). The summed E-state index contributed by atoms with van der Waals surface area (Å²) in [5, 5.41) is 0. The molecule has 1 atom stereocenters. The summed E-state index contributed by atoms with van der Waals surface area (Å²) in [5.74, 6) is 1.38. The predicted octanol–water partition coefficient (Wildman–Crippen LogP) is 3.29. The van der Waals surface area contributed by atoms with E-state index in [9.17, 15) is 4.79 Å². The third-order valence-electron chi connectivity index (χ3n) is 3.78. The Morgan fingerprint density at radius 1 is 1.50 bits per heavy atom. The zero-order valence-electron chi connectivity index (χ0n) is 12.4. The Morgan fingerprint density at radius 3 is 2.90 bits per heavy atom. The molecule has 0 spiro atoms. The highest BCUT2D eigenvalue weighted by atomic mass is 32.2. The second kappa shape index (κ2) is 6.53. The molecule has 1 saturated heterocycles. The largest absolute Gasteiger partial charge is 0.399 e. The average molecular weight is 292 g/mol. The minimum Gasteiger partial charge on any atom is -0.399 e. The Hall–Kier alpha value is -1.16. The van der Waals surface area contributed by atoms with Crippen molar-refractivity contribution in [2.75, 3.05) is 18.0 Å². The summed E-state index contributed by atoms with van der Waals surface area (Å²) in [4.78, 5) is 14.8. The normalized spacial score (nSPS) is 21.9. The van der Waals surface area contributed by atoms with Gasteiger partial charge in [-0.1, -0.05) is 19.1 Å². The van der Waals surface area contributed by atoms with Crippen LogP contribution in [0.1, 0.15) is 38.7 Å². The fourth-order valence-corrected chi connectivity index (χ4v) is 4.00. The quantitative estimate of drug-likeness (QED) is 0.847. The lowest BCUT2D eigenvalue weighted by Gasteiger charge is -2.31. The van der Waals surface area contributed by atoms with Crippen molar-refractivity contribution in [1.29, 1.82) is 0 Å². The van der Waals surface area contributed by atoms with Crippen LogP contribution in [0.4, 0.5) is 5.69 Å². The Morgan fingerprint density at radius 2 is 2.30 bits per heavy atom. The van der Waals surface area contributed by atoms with Gasteiger partial charge in [0, 0.05) is 18.8 Å². The lowest BCUT2D eigenvalue weighted by Crippen LogP contribution is -2.43. The van der Waals surface area contributed by atoms with E-state index in [1.165, 1.54) is 0 Å². The van der Waals surface area contributed by atoms with Crippen LogP contribution in [-0.4, -0.2) is 27.9 Å². The van der Waals surface area contributed by atoms with Crippen LogP contribution in [0.2, 0.25) is 0 Å². The molecule has 1 amide bonds. The van der Waals surface area contributed by atoms with Gasteiger partial charge in [0.2, 0.25) is 5.91 Å². The number of nitrogens with zero attached hydrogens (tertiary/aromatic N) is 1. The molecule has 4 heteroatoms. The second-order valence-corrected chi connectivity index (χ2v) is 7.25. The van der Waals surface area contributed by atoms with Crippen LogP contribution in [0, 0.1) is 0 Å². The molecule has 1 fully saturated rings. The molecule has 1 aromatic rings. The van der Waals surface area contributed by atoms with Crippen LogP contribution in [0.3, 0.4) is 0 Å². The zero-order chi connectivity index (χ0) is 14.6. The lowest BCUT2D eigenvalue weighted by molar-refractivity contribution is -0.134. The molecule has 110 valence electrons. The van der Waals surface area contributed by atoms with Crippen molar-refractivity contribution in [3.63, 3.8) is 0 Å². The number of thioether (sulfide) groups is 1. The van der Waals surface area contributed by atoms with Crippen LogP contribution >= 0.6 is 11.8 Å². The van der Waals surface area contributed by atoms with Crippen LogP contribution in [0.25, 0.3) is 0 Å². The number of nitrogen functional groups attached to an aromatic ring is 1. The number of amides is 1. The van der Waals surface area contributed by atoms with E-state index in [1.807, 2.05) is 29.2 Å². The van der Waals surface area contributed by atoms with E-state index in [-0.39, 0.29) is 10.7 Å². The minimum absolute atomic E-state index is 0.227. The summed E-state index contributed by atoms with van der Waals surface area (Å²) in [6, 6.07) is 7.82. The van der Waals surface area contributed by atoms with E-state index in [4.69, 9.17) is 5.73 Å². The van der Waals surface area contributed by atoms with Gasteiger partial charge in [0.05, 0.1) is 4.75 Å². The van der Waals surface area contributed by atoms with Crippen molar-refractivity contribution >= 4 is 23.4 Å². The lowest BCUT2D eigenvalue weighted by atomic mass is 10.0. The van der Waals surface area contributed by atoms with Gasteiger partial charge in [0.25, 0.3) is 0 Å². The van der Waals surface area contributed by atoms with Crippen LogP contribution in [0.5, 0.6) is 0 Å². The summed E-state index contributed by atoms with van der Waals surface area (Å²) in [6.07, 6.45) is 3.12. The molecule has 0 aromatic heterocycles. The van der Waals surface area contributed by atoms with E-state index in [1.54, 1.807) is 11.8 Å². The standard InChI is InChI=1S/C16H24N2OS/c1-3-9-18(12-13-6-4-7-14(17)11-13)15(19)16(2)8-5-10-20-16/h4,6-7,11H,3,5,8-10,12,17H2,1-2H3. The number of hydrogen-bond acceptors (Lipinski definition) is 3. The highest BCUT2D eigenvalue weighted by Gasteiger charge is 2.39. The molecule has 20 heavy (non-hydrogen) atoms. The molecule has 0 aliphatic carbocycles. The molecule has 2 N–H and O–H groups in total. The Bertz CT molecular complexity index is 469. The van der Waals surface area contributed by atoms with Crippen molar-refractivity contribution in [3.05, 3.63) is 29.8 Å². The maximum atomic E-state index is 12.8. The number of carbonyl (C=O) groups excluding carboxylic acids is 1. The molecule has 0 radical (unpaired) electrons. The first-order valence-electron chi connectivity index (χ1n) is 7.33. The number of benzene rings is 1. The van der Waals surface area contributed by atoms with Gasteiger partial charge in [-0.05, 0) is 49.6 Å². The van der Waals surface area contributed by atoms with Crippen LogP contribution in [0.15, 0.2) is 24.3 Å². The Balaban J connectivity index is 2.12. The van der Waals surface area contributed by atoms with E-state index in [2.05, 4.69) is 13.8 Å². The van der Waals surface area contributed by atoms with Gasteiger partial charge in [-0.15, -0.1) is 11.8 Å². The predicted molar refractivity (Wildman–Crippen MR) is 86.7 cm³/mol. The van der Waals surface area contributed by atoms with Gasteiger partial charge < -0.3 is 10.6 Å². The van der Waals surface area contributed by atoms with E-state index >= 15 is 0 Å². The first-order valence-corrected chi connectivity index (χ1v) is 8.31. The molecule has 1 aliphatic heterocycles. The van der Waals surface area contributed by atoms with Crippen molar-refractivity contribution in [2.24, 2.45) is 0 Å². The van der Waals surface area contributed by atoms with Crippen molar-refractivity contribution in [2.45, 2.75) is 44.4 Å². The number of carbonyl (C=O) groups is 1.